The second kappa shape index (κ2) is 5.77. The summed E-state index contributed by atoms with van der Waals surface area (Å²) in [5.74, 6) is 0.705. The fourth-order valence-electron chi connectivity index (χ4n) is 2.70. The van der Waals surface area contributed by atoms with Crippen molar-refractivity contribution < 1.29 is 0 Å². The van der Waals surface area contributed by atoms with E-state index < -0.39 is 0 Å². The highest BCUT2D eigenvalue weighted by Gasteiger charge is 2.07. The Morgan fingerprint density at radius 2 is 1.67 bits per heavy atom. The molecule has 5 nitrogen and oxygen atoms in total. The molecule has 1 N–H and O–H groups in total. The van der Waals surface area contributed by atoms with Crippen LogP contribution in [0.5, 0.6) is 0 Å². The van der Waals surface area contributed by atoms with Crippen molar-refractivity contribution >= 4 is 33.6 Å². The van der Waals surface area contributed by atoms with Gasteiger partial charge in [0.05, 0.1) is 28.0 Å². The summed E-state index contributed by atoms with van der Waals surface area (Å²) in [6.07, 6.45) is 0. The van der Waals surface area contributed by atoms with Gasteiger partial charge in [0.1, 0.15) is 0 Å². The molecule has 0 aliphatic heterocycles. The predicted octanol–water partition coefficient (Wildman–Crippen LogP) is 3.96. The zero-order valence-electron chi connectivity index (χ0n) is 13.6. The van der Waals surface area contributed by atoms with Crippen LogP contribution >= 0.6 is 0 Å². The van der Waals surface area contributed by atoms with E-state index in [1.165, 1.54) is 0 Å². The molecule has 0 spiro atoms. The van der Waals surface area contributed by atoms with Gasteiger partial charge in [-0.25, -0.2) is 15.4 Å². The summed E-state index contributed by atoms with van der Waals surface area (Å²) >= 11 is 0. The molecule has 4 rings (SSSR count). The second-order valence-corrected chi connectivity index (χ2v) is 5.68. The summed E-state index contributed by atoms with van der Waals surface area (Å²) in [4.78, 5) is 9.21. The highest BCUT2D eigenvalue weighted by molar-refractivity contribution is 5.99. The molecule has 0 saturated heterocycles. The van der Waals surface area contributed by atoms with Gasteiger partial charge in [0.2, 0.25) is 5.95 Å². The monoisotopic (exact) mass is 315 g/mol. The standard InChI is InChI=1S/C19H17N5/c1-13(15-12-11-14-7-3-4-8-16(14)20-15)22-23-19-21-17-9-5-6-10-18(17)24(19)2/h3-12H,1-2H3,(H,21,23)/b22-13+. The van der Waals surface area contributed by atoms with Gasteiger partial charge in [-0.3, -0.25) is 0 Å². The molecule has 5 heteroatoms. The largest absolute Gasteiger partial charge is 0.312 e. The van der Waals surface area contributed by atoms with Gasteiger partial charge in [-0.05, 0) is 31.2 Å². The molecule has 0 saturated carbocycles. The first-order valence-corrected chi connectivity index (χ1v) is 7.80. The van der Waals surface area contributed by atoms with E-state index >= 15 is 0 Å². The molecule has 0 aliphatic rings. The normalized spacial score (nSPS) is 12.0. The second-order valence-electron chi connectivity index (χ2n) is 5.68. The lowest BCUT2D eigenvalue weighted by atomic mass is 10.2. The molecule has 4 aromatic rings. The Balaban J connectivity index is 1.65. The van der Waals surface area contributed by atoms with E-state index in [2.05, 4.69) is 32.6 Å². The summed E-state index contributed by atoms with van der Waals surface area (Å²) < 4.78 is 1.99. The Morgan fingerprint density at radius 3 is 2.50 bits per heavy atom. The molecule has 0 bridgehead atoms. The lowest BCUT2D eigenvalue weighted by Crippen LogP contribution is -2.05. The first-order valence-electron chi connectivity index (χ1n) is 7.80. The highest BCUT2D eigenvalue weighted by Crippen LogP contribution is 2.18. The van der Waals surface area contributed by atoms with Gasteiger partial charge in [-0.1, -0.05) is 36.4 Å². The van der Waals surface area contributed by atoms with E-state index in [1.54, 1.807) is 0 Å². The number of hydrogen-bond donors (Lipinski definition) is 1. The van der Waals surface area contributed by atoms with Crippen LogP contribution in [0.1, 0.15) is 12.6 Å². The molecular weight excluding hydrogens is 298 g/mol. The third-order valence-electron chi connectivity index (χ3n) is 4.08. The Kier molecular flexibility index (Phi) is 3.46. The fourth-order valence-corrected chi connectivity index (χ4v) is 2.70. The molecule has 0 amide bonds. The summed E-state index contributed by atoms with van der Waals surface area (Å²) in [6, 6.07) is 20.1. The summed E-state index contributed by atoms with van der Waals surface area (Å²) in [6.45, 7) is 1.94. The van der Waals surface area contributed by atoms with Gasteiger partial charge >= 0.3 is 0 Å². The first-order chi connectivity index (χ1) is 11.7. The number of fused-ring (bicyclic) bond motifs is 2. The number of imidazole rings is 1. The number of aryl methyl sites for hydroxylation is 1. The third kappa shape index (κ3) is 2.50. The van der Waals surface area contributed by atoms with Gasteiger partial charge in [-0.2, -0.15) is 5.10 Å². The molecule has 0 fully saturated rings. The van der Waals surface area contributed by atoms with Crippen LogP contribution in [0, 0.1) is 0 Å². The van der Waals surface area contributed by atoms with E-state index in [0.717, 1.165) is 33.3 Å². The van der Waals surface area contributed by atoms with Crippen LogP contribution in [0.2, 0.25) is 0 Å². The number of aromatic nitrogens is 3. The van der Waals surface area contributed by atoms with Crippen molar-refractivity contribution in [3.63, 3.8) is 0 Å². The maximum absolute atomic E-state index is 4.65. The van der Waals surface area contributed by atoms with E-state index in [1.807, 2.05) is 67.1 Å². The Morgan fingerprint density at radius 1 is 0.917 bits per heavy atom. The quantitative estimate of drug-likeness (QED) is 0.460. The highest BCUT2D eigenvalue weighted by atomic mass is 15.4. The van der Waals surface area contributed by atoms with Crippen LogP contribution in [0.4, 0.5) is 5.95 Å². The molecular formula is C19H17N5. The average molecular weight is 315 g/mol. The number of hydrazone groups is 1. The minimum absolute atomic E-state index is 0.705. The van der Waals surface area contributed by atoms with Gasteiger partial charge in [-0.15, -0.1) is 0 Å². The Bertz CT molecular complexity index is 1060. The van der Waals surface area contributed by atoms with Crippen molar-refractivity contribution in [3.05, 3.63) is 66.4 Å². The summed E-state index contributed by atoms with van der Waals surface area (Å²) in [5, 5.41) is 5.57. The van der Waals surface area contributed by atoms with E-state index in [-0.39, 0.29) is 0 Å². The number of rotatable bonds is 3. The van der Waals surface area contributed by atoms with Gasteiger partial charge < -0.3 is 4.57 Å². The van der Waals surface area contributed by atoms with Crippen molar-refractivity contribution in [2.24, 2.45) is 12.1 Å². The smallest absolute Gasteiger partial charge is 0.224 e. The number of nitrogens with one attached hydrogen (secondary N) is 1. The van der Waals surface area contributed by atoms with Gasteiger partial charge in [0, 0.05) is 12.4 Å². The number of hydrogen-bond acceptors (Lipinski definition) is 4. The third-order valence-corrected chi connectivity index (χ3v) is 4.08. The van der Waals surface area contributed by atoms with E-state index in [0.29, 0.717) is 5.95 Å². The van der Waals surface area contributed by atoms with Crippen molar-refractivity contribution in [2.75, 3.05) is 5.43 Å². The van der Waals surface area contributed by atoms with Gasteiger partial charge in [0.25, 0.3) is 0 Å². The average Bonchev–Trinajstić information content (AvgIpc) is 2.95. The van der Waals surface area contributed by atoms with Crippen molar-refractivity contribution in [2.45, 2.75) is 6.92 Å². The van der Waals surface area contributed by atoms with Crippen LogP contribution in [0.3, 0.4) is 0 Å². The number of nitrogens with zero attached hydrogens (tertiary/aromatic N) is 4. The van der Waals surface area contributed by atoms with Crippen LogP contribution < -0.4 is 5.43 Å². The molecule has 0 aliphatic carbocycles. The molecule has 0 unspecified atom stereocenters. The minimum Gasteiger partial charge on any atom is -0.312 e. The van der Waals surface area contributed by atoms with Crippen LogP contribution in [0.15, 0.2) is 65.8 Å². The number of pyridine rings is 1. The zero-order chi connectivity index (χ0) is 16.5. The molecule has 2 heterocycles. The zero-order valence-corrected chi connectivity index (χ0v) is 13.6. The molecule has 0 radical (unpaired) electrons. The van der Waals surface area contributed by atoms with E-state index in [4.69, 9.17) is 0 Å². The Labute approximate surface area is 139 Å². The maximum Gasteiger partial charge on any atom is 0.224 e. The Hall–Kier alpha value is -3.21. The minimum atomic E-state index is 0.705. The van der Waals surface area contributed by atoms with Crippen molar-refractivity contribution in [1.82, 2.24) is 14.5 Å². The van der Waals surface area contributed by atoms with Crippen molar-refractivity contribution in [3.8, 4) is 0 Å². The molecule has 118 valence electrons. The topological polar surface area (TPSA) is 55.1 Å². The summed E-state index contributed by atoms with van der Waals surface area (Å²) in [5.41, 5.74) is 7.68. The van der Waals surface area contributed by atoms with Crippen LogP contribution in [-0.2, 0) is 7.05 Å². The number of para-hydroxylation sites is 3. The lowest BCUT2D eigenvalue weighted by Gasteiger charge is -2.04. The first kappa shape index (κ1) is 14.4. The molecule has 0 atom stereocenters. The number of anilines is 1. The van der Waals surface area contributed by atoms with Crippen LogP contribution in [-0.4, -0.2) is 20.2 Å². The SMILES string of the molecule is C/C(=N\Nc1nc2ccccc2n1C)c1ccc2ccccc2n1. The molecule has 24 heavy (non-hydrogen) atoms. The van der Waals surface area contributed by atoms with Crippen LogP contribution in [0.25, 0.3) is 21.9 Å². The summed E-state index contributed by atoms with van der Waals surface area (Å²) in [7, 11) is 1.97. The fraction of sp³-hybridized carbons (Fsp3) is 0.105. The van der Waals surface area contributed by atoms with E-state index in [9.17, 15) is 0 Å². The maximum atomic E-state index is 4.65. The predicted molar refractivity (Wildman–Crippen MR) is 98.3 cm³/mol. The van der Waals surface area contributed by atoms with Gasteiger partial charge in [0.15, 0.2) is 0 Å². The molecule has 2 aromatic carbocycles. The lowest BCUT2D eigenvalue weighted by molar-refractivity contribution is 0.942. The number of benzene rings is 2. The van der Waals surface area contributed by atoms with Crippen molar-refractivity contribution in [1.29, 1.82) is 0 Å². The molecule has 2 aromatic heterocycles.